The molecule has 8 nitrogen and oxygen atoms in total. The number of nitrogens with one attached hydrogen (secondary N) is 1. The molecular formula is C17H24N4O4. The van der Waals surface area contributed by atoms with Crippen LogP contribution in [0.25, 0.3) is 0 Å². The lowest BCUT2D eigenvalue weighted by Gasteiger charge is -2.36. The zero-order valence-electron chi connectivity index (χ0n) is 14.4. The van der Waals surface area contributed by atoms with Gasteiger partial charge in [-0.25, -0.2) is 4.79 Å². The van der Waals surface area contributed by atoms with Gasteiger partial charge in [0.05, 0.1) is 17.1 Å². The first-order valence-electron chi connectivity index (χ1n) is 8.71. The number of hydrogen-bond donors (Lipinski definition) is 1. The van der Waals surface area contributed by atoms with Gasteiger partial charge < -0.3 is 19.9 Å². The molecule has 1 N–H and O–H groups in total. The lowest BCUT2D eigenvalue weighted by molar-refractivity contribution is -0.384. The Bertz CT molecular complexity index is 608. The van der Waals surface area contributed by atoms with Gasteiger partial charge in [-0.15, -0.1) is 0 Å². The highest BCUT2D eigenvalue weighted by atomic mass is 16.6. The van der Waals surface area contributed by atoms with Crippen molar-refractivity contribution in [2.75, 3.05) is 37.7 Å². The van der Waals surface area contributed by atoms with Crippen LogP contribution in [0.4, 0.5) is 16.2 Å². The molecule has 0 saturated carbocycles. The zero-order chi connectivity index (χ0) is 17.8. The van der Waals surface area contributed by atoms with E-state index in [4.69, 9.17) is 4.74 Å². The average Bonchev–Trinajstić information content (AvgIpc) is 3.17. The molecular weight excluding hydrogens is 324 g/mol. The number of ether oxygens (including phenoxy) is 1. The predicted molar refractivity (Wildman–Crippen MR) is 93.9 cm³/mol. The Labute approximate surface area is 146 Å². The topological polar surface area (TPSA) is 88.0 Å². The molecule has 3 rings (SSSR count). The number of urea groups is 1. The van der Waals surface area contributed by atoms with Crippen LogP contribution in [0, 0.1) is 10.1 Å². The number of amides is 2. The molecule has 2 amide bonds. The SMILES string of the molecule is C[C@@H](NC(=O)N1CCN(c2ccc([N+](=O)[O-])cc2)CC1)[C@H]1CCCO1. The minimum Gasteiger partial charge on any atom is -0.376 e. The Balaban J connectivity index is 1.49. The molecule has 2 atom stereocenters. The number of carbonyl (C=O) groups excluding carboxylic acids is 1. The molecule has 0 bridgehead atoms. The number of hydrogen-bond acceptors (Lipinski definition) is 5. The Morgan fingerprint density at radius 1 is 1.28 bits per heavy atom. The number of nitro groups is 1. The Kier molecular flexibility index (Phi) is 5.37. The molecule has 25 heavy (non-hydrogen) atoms. The molecule has 2 aliphatic rings. The largest absolute Gasteiger partial charge is 0.376 e. The van der Waals surface area contributed by atoms with Gasteiger partial charge in [-0.05, 0) is 31.9 Å². The van der Waals surface area contributed by atoms with E-state index in [1.54, 1.807) is 12.1 Å². The fourth-order valence-electron chi connectivity index (χ4n) is 3.33. The lowest BCUT2D eigenvalue weighted by atomic mass is 10.1. The lowest BCUT2D eigenvalue weighted by Crippen LogP contribution is -2.54. The first kappa shape index (κ1) is 17.5. The van der Waals surface area contributed by atoms with Gasteiger partial charge in [-0.2, -0.15) is 0 Å². The van der Waals surface area contributed by atoms with Gasteiger partial charge in [0.15, 0.2) is 0 Å². The maximum Gasteiger partial charge on any atom is 0.317 e. The van der Waals surface area contributed by atoms with Crippen molar-refractivity contribution >= 4 is 17.4 Å². The molecule has 8 heteroatoms. The summed E-state index contributed by atoms with van der Waals surface area (Å²) in [5.41, 5.74) is 1.03. The average molecular weight is 348 g/mol. The first-order chi connectivity index (χ1) is 12.0. The van der Waals surface area contributed by atoms with Gasteiger partial charge in [0.2, 0.25) is 0 Å². The van der Waals surface area contributed by atoms with Crippen molar-refractivity contribution in [3.63, 3.8) is 0 Å². The maximum atomic E-state index is 12.4. The number of anilines is 1. The summed E-state index contributed by atoms with van der Waals surface area (Å²) in [5, 5.41) is 13.8. The molecule has 136 valence electrons. The van der Waals surface area contributed by atoms with Crippen LogP contribution in [0.1, 0.15) is 19.8 Å². The van der Waals surface area contributed by atoms with Crippen LogP contribution in [0.5, 0.6) is 0 Å². The van der Waals surface area contributed by atoms with E-state index in [0.29, 0.717) is 26.2 Å². The molecule has 2 saturated heterocycles. The van der Waals surface area contributed by atoms with Gasteiger partial charge in [-0.3, -0.25) is 10.1 Å². The zero-order valence-corrected chi connectivity index (χ0v) is 14.4. The standard InChI is InChI=1S/C17H24N4O4/c1-13(16-3-2-12-25-16)18-17(22)20-10-8-19(9-11-20)14-4-6-15(7-5-14)21(23)24/h4-7,13,16H,2-3,8-12H2,1H3,(H,18,22)/t13-,16-/m1/s1. The van der Waals surface area contributed by atoms with E-state index in [1.807, 2.05) is 11.8 Å². The van der Waals surface area contributed by atoms with Crippen molar-refractivity contribution in [1.82, 2.24) is 10.2 Å². The molecule has 0 unspecified atom stereocenters. The Morgan fingerprint density at radius 2 is 1.96 bits per heavy atom. The second kappa shape index (κ2) is 7.69. The Morgan fingerprint density at radius 3 is 2.52 bits per heavy atom. The smallest absolute Gasteiger partial charge is 0.317 e. The van der Waals surface area contributed by atoms with Crippen LogP contribution in [-0.2, 0) is 4.74 Å². The molecule has 0 aliphatic carbocycles. The van der Waals surface area contributed by atoms with Crippen molar-refractivity contribution < 1.29 is 14.5 Å². The van der Waals surface area contributed by atoms with Crippen LogP contribution in [0.15, 0.2) is 24.3 Å². The minimum absolute atomic E-state index is 0.0164. The summed E-state index contributed by atoms with van der Waals surface area (Å²) in [7, 11) is 0. The first-order valence-corrected chi connectivity index (χ1v) is 8.71. The van der Waals surface area contributed by atoms with E-state index in [1.165, 1.54) is 12.1 Å². The van der Waals surface area contributed by atoms with Crippen LogP contribution in [0.3, 0.4) is 0 Å². The van der Waals surface area contributed by atoms with E-state index in [0.717, 1.165) is 25.1 Å². The highest BCUT2D eigenvalue weighted by Crippen LogP contribution is 2.21. The minimum atomic E-state index is -0.402. The van der Waals surface area contributed by atoms with Crippen molar-refractivity contribution in [2.45, 2.75) is 31.9 Å². The van der Waals surface area contributed by atoms with E-state index in [9.17, 15) is 14.9 Å². The van der Waals surface area contributed by atoms with E-state index < -0.39 is 4.92 Å². The third kappa shape index (κ3) is 4.19. The number of non-ortho nitro benzene ring substituents is 1. The van der Waals surface area contributed by atoms with Crippen molar-refractivity contribution in [2.24, 2.45) is 0 Å². The predicted octanol–water partition coefficient (Wildman–Crippen LogP) is 1.99. The van der Waals surface area contributed by atoms with Crippen molar-refractivity contribution in [3.8, 4) is 0 Å². The highest BCUT2D eigenvalue weighted by Gasteiger charge is 2.27. The summed E-state index contributed by atoms with van der Waals surface area (Å²) >= 11 is 0. The summed E-state index contributed by atoms with van der Waals surface area (Å²) in [4.78, 5) is 26.7. The monoisotopic (exact) mass is 348 g/mol. The second-order valence-corrected chi connectivity index (χ2v) is 6.54. The fourth-order valence-corrected chi connectivity index (χ4v) is 3.33. The summed E-state index contributed by atoms with van der Waals surface area (Å²) in [5.74, 6) is 0. The quantitative estimate of drug-likeness (QED) is 0.664. The van der Waals surface area contributed by atoms with Crippen molar-refractivity contribution in [1.29, 1.82) is 0 Å². The fraction of sp³-hybridized carbons (Fsp3) is 0.588. The molecule has 0 spiro atoms. The van der Waals surface area contributed by atoms with Crippen LogP contribution in [-0.4, -0.2) is 60.8 Å². The van der Waals surface area contributed by atoms with Gasteiger partial charge >= 0.3 is 6.03 Å². The molecule has 2 fully saturated rings. The molecule has 2 heterocycles. The second-order valence-electron chi connectivity index (χ2n) is 6.54. The highest BCUT2D eigenvalue weighted by molar-refractivity contribution is 5.75. The number of rotatable bonds is 4. The van der Waals surface area contributed by atoms with Crippen LogP contribution < -0.4 is 10.2 Å². The molecule has 1 aromatic carbocycles. The number of nitrogens with zero attached hydrogens (tertiary/aromatic N) is 3. The van der Waals surface area contributed by atoms with Crippen molar-refractivity contribution in [3.05, 3.63) is 34.4 Å². The van der Waals surface area contributed by atoms with E-state index in [2.05, 4.69) is 10.2 Å². The molecule has 0 radical (unpaired) electrons. The number of carbonyl (C=O) groups is 1. The maximum absolute atomic E-state index is 12.4. The number of piperazine rings is 1. The van der Waals surface area contributed by atoms with Gasteiger partial charge in [-0.1, -0.05) is 0 Å². The van der Waals surface area contributed by atoms with E-state index in [-0.39, 0.29) is 23.9 Å². The summed E-state index contributed by atoms with van der Waals surface area (Å²) in [6.45, 7) is 5.43. The van der Waals surface area contributed by atoms with Crippen LogP contribution >= 0.6 is 0 Å². The van der Waals surface area contributed by atoms with Gasteiger partial charge in [0, 0.05) is 50.6 Å². The molecule has 2 aliphatic heterocycles. The summed E-state index contributed by atoms with van der Waals surface area (Å²) in [6, 6.07) is 6.50. The van der Waals surface area contributed by atoms with Gasteiger partial charge in [0.25, 0.3) is 5.69 Å². The number of benzene rings is 1. The molecule has 1 aromatic rings. The third-order valence-corrected chi connectivity index (χ3v) is 4.87. The summed E-state index contributed by atoms with van der Waals surface area (Å²) < 4.78 is 5.61. The normalized spacial score (nSPS) is 21.9. The molecule has 0 aromatic heterocycles. The van der Waals surface area contributed by atoms with E-state index >= 15 is 0 Å². The third-order valence-electron chi connectivity index (χ3n) is 4.87. The summed E-state index contributed by atoms with van der Waals surface area (Å²) in [6.07, 6.45) is 2.17. The van der Waals surface area contributed by atoms with Gasteiger partial charge in [0.1, 0.15) is 0 Å². The van der Waals surface area contributed by atoms with Crippen LogP contribution in [0.2, 0.25) is 0 Å². The number of nitro benzene ring substituents is 1. The Hall–Kier alpha value is -2.35.